The van der Waals surface area contributed by atoms with E-state index < -0.39 is 25.4 Å². The Bertz CT molecular complexity index is 326. The number of hydrogen-bond acceptors (Lipinski definition) is 6. The van der Waals surface area contributed by atoms with Crippen LogP contribution in [0, 0.1) is 0 Å². The zero-order chi connectivity index (χ0) is 13.8. The fourth-order valence-electron chi connectivity index (χ4n) is 1.89. The van der Waals surface area contributed by atoms with Crippen LogP contribution < -0.4 is 0 Å². The van der Waals surface area contributed by atoms with Crippen molar-refractivity contribution in [3.63, 3.8) is 0 Å². The third kappa shape index (κ3) is 3.52. The second kappa shape index (κ2) is 6.63. The van der Waals surface area contributed by atoms with E-state index in [2.05, 4.69) is 0 Å². The highest BCUT2D eigenvalue weighted by Crippen LogP contribution is 2.53. The minimum absolute atomic E-state index is 0.0283. The van der Waals surface area contributed by atoms with Crippen LogP contribution in [0.3, 0.4) is 0 Å². The van der Waals surface area contributed by atoms with E-state index in [1.54, 1.807) is 13.8 Å². The van der Waals surface area contributed by atoms with Gasteiger partial charge in [0.05, 0.1) is 19.3 Å². The average molecular weight is 281 g/mol. The van der Waals surface area contributed by atoms with Gasteiger partial charge in [-0.25, -0.2) is 5.06 Å². The van der Waals surface area contributed by atoms with Crippen LogP contribution in [-0.4, -0.2) is 46.4 Å². The van der Waals surface area contributed by atoms with E-state index in [-0.39, 0.29) is 26.1 Å². The fourth-order valence-corrected chi connectivity index (χ4v) is 3.53. The predicted molar refractivity (Wildman–Crippen MR) is 63.1 cm³/mol. The Labute approximate surface area is 106 Å². The molecule has 1 fully saturated rings. The summed E-state index contributed by atoms with van der Waals surface area (Å²) in [7, 11) is -3.60. The second-order valence-electron chi connectivity index (χ2n) is 4.02. The molecule has 0 aromatic rings. The zero-order valence-corrected chi connectivity index (χ0v) is 11.5. The van der Waals surface area contributed by atoms with E-state index in [9.17, 15) is 19.7 Å². The minimum atomic E-state index is -3.60. The number of carbonyl (C=O) groups is 1. The molecule has 0 aromatic heterocycles. The quantitative estimate of drug-likeness (QED) is 0.540. The predicted octanol–water partition coefficient (Wildman–Crippen LogP) is 1.34. The van der Waals surface area contributed by atoms with Crippen molar-refractivity contribution < 1.29 is 28.7 Å². The third-order valence-corrected chi connectivity index (χ3v) is 4.94. The topological polar surface area (TPSA) is 96.3 Å². The van der Waals surface area contributed by atoms with Crippen molar-refractivity contribution in [2.45, 2.75) is 45.0 Å². The molecule has 7 nitrogen and oxygen atoms in total. The molecule has 0 bridgehead atoms. The number of hydroxylamine groups is 2. The van der Waals surface area contributed by atoms with E-state index in [1.165, 1.54) is 0 Å². The summed E-state index contributed by atoms with van der Waals surface area (Å²) in [6.45, 7) is 3.60. The van der Waals surface area contributed by atoms with E-state index in [1.807, 2.05) is 0 Å². The Balaban J connectivity index is 2.64. The van der Waals surface area contributed by atoms with E-state index in [0.29, 0.717) is 11.5 Å². The first kappa shape index (κ1) is 15.6. The van der Waals surface area contributed by atoms with Crippen molar-refractivity contribution in [2.75, 3.05) is 13.2 Å². The Kier molecular flexibility index (Phi) is 5.75. The summed E-state index contributed by atoms with van der Waals surface area (Å²) >= 11 is 0. The molecule has 0 aliphatic carbocycles. The van der Waals surface area contributed by atoms with Crippen LogP contribution in [0.25, 0.3) is 0 Å². The van der Waals surface area contributed by atoms with Gasteiger partial charge in [0, 0.05) is 12.8 Å². The van der Waals surface area contributed by atoms with Crippen molar-refractivity contribution in [3.8, 4) is 0 Å². The molecule has 2 atom stereocenters. The number of carbonyl (C=O) groups excluding carboxylic acids is 1. The van der Waals surface area contributed by atoms with Crippen LogP contribution in [-0.2, 0) is 18.4 Å². The van der Waals surface area contributed by atoms with Gasteiger partial charge in [0.25, 0.3) is 0 Å². The summed E-state index contributed by atoms with van der Waals surface area (Å²) in [5.41, 5.74) is 0. The zero-order valence-electron chi connectivity index (χ0n) is 10.6. The Hall–Kier alpha value is -0.460. The molecule has 0 spiro atoms. The number of hydrogen-bond donors (Lipinski definition) is 2. The van der Waals surface area contributed by atoms with Crippen LogP contribution >= 0.6 is 7.60 Å². The molecule has 1 heterocycles. The number of aliphatic hydroxyl groups excluding tert-OH is 1. The van der Waals surface area contributed by atoms with E-state index in [4.69, 9.17) is 9.05 Å². The molecule has 1 rings (SSSR count). The van der Waals surface area contributed by atoms with Gasteiger partial charge in [-0.05, 0) is 20.3 Å². The van der Waals surface area contributed by atoms with Gasteiger partial charge in [0.15, 0.2) is 5.85 Å². The number of amides is 1. The molecule has 2 unspecified atom stereocenters. The van der Waals surface area contributed by atoms with Crippen molar-refractivity contribution in [2.24, 2.45) is 0 Å². The number of aliphatic hydroxyl groups is 1. The SMILES string of the molecule is CCOP(=O)(OCC)C(O)CC1CCC(=O)N1O. The lowest BCUT2D eigenvalue weighted by atomic mass is 10.2. The lowest BCUT2D eigenvalue weighted by Crippen LogP contribution is -2.32. The van der Waals surface area contributed by atoms with Gasteiger partial charge in [-0.15, -0.1) is 0 Å². The summed E-state index contributed by atoms with van der Waals surface area (Å²) in [5.74, 6) is -1.74. The molecule has 106 valence electrons. The summed E-state index contributed by atoms with van der Waals surface area (Å²) in [4.78, 5) is 11.1. The smallest absolute Gasteiger partial charge is 0.358 e. The molecule has 1 saturated heterocycles. The monoisotopic (exact) mass is 281 g/mol. The first-order valence-corrected chi connectivity index (χ1v) is 7.63. The molecule has 0 saturated carbocycles. The largest absolute Gasteiger partial charge is 0.380 e. The summed E-state index contributed by atoms with van der Waals surface area (Å²) in [5, 5.41) is 20.0. The van der Waals surface area contributed by atoms with Crippen molar-refractivity contribution in [1.82, 2.24) is 5.06 Å². The van der Waals surface area contributed by atoms with Gasteiger partial charge in [0.2, 0.25) is 5.91 Å². The average Bonchev–Trinajstić information content (AvgIpc) is 2.61. The maximum atomic E-state index is 12.2. The number of nitrogens with zero attached hydrogens (tertiary/aromatic N) is 1. The first-order valence-electron chi connectivity index (χ1n) is 6.02. The lowest BCUT2D eigenvalue weighted by molar-refractivity contribution is -0.166. The van der Waals surface area contributed by atoms with Gasteiger partial charge >= 0.3 is 7.60 Å². The van der Waals surface area contributed by atoms with Gasteiger partial charge in [0.1, 0.15) is 0 Å². The molecule has 2 N–H and O–H groups in total. The van der Waals surface area contributed by atoms with E-state index >= 15 is 0 Å². The van der Waals surface area contributed by atoms with Crippen LogP contribution in [0.4, 0.5) is 0 Å². The highest BCUT2D eigenvalue weighted by atomic mass is 31.2. The minimum Gasteiger partial charge on any atom is -0.380 e. The summed E-state index contributed by atoms with van der Waals surface area (Å²) in [6.07, 6.45) is 0.617. The molecule has 1 aliphatic rings. The van der Waals surface area contributed by atoms with Gasteiger partial charge < -0.3 is 14.2 Å². The molecule has 0 aromatic carbocycles. The van der Waals surface area contributed by atoms with Gasteiger partial charge in [-0.1, -0.05) is 0 Å². The Morgan fingerprint density at radius 3 is 2.39 bits per heavy atom. The maximum absolute atomic E-state index is 12.2. The number of rotatable bonds is 7. The molecule has 8 heteroatoms. The molecule has 1 amide bonds. The van der Waals surface area contributed by atoms with Gasteiger partial charge in [-0.3, -0.25) is 14.6 Å². The highest BCUT2D eigenvalue weighted by molar-refractivity contribution is 7.54. The molecular formula is C10H20NO6P. The third-order valence-electron chi connectivity index (χ3n) is 2.76. The second-order valence-corrected chi connectivity index (χ2v) is 6.21. The summed E-state index contributed by atoms with van der Waals surface area (Å²) in [6, 6.07) is -0.540. The van der Waals surface area contributed by atoms with Crippen LogP contribution in [0.5, 0.6) is 0 Å². The van der Waals surface area contributed by atoms with Crippen molar-refractivity contribution >= 4 is 13.5 Å². The normalized spacial score (nSPS) is 22.6. The van der Waals surface area contributed by atoms with Crippen LogP contribution in [0.15, 0.2) is 0 Å². The van der Waals surface area contributed by atoms with Crippen LogP contribution in [0.1, 0.15) is 33.1 Å². The molecule has 18 heavy (non-hydrogen) atoms. The Morgan fingerprint density at radius 2 is 2.00 bits per heavy atom. The van der Waals surface area contributed by atoms with Crippen LogP contribution in [0.2, 0.25) is 0 Å². The summed E-state index contributed by atoms with van der Waals surface area (Å²) < 4.78 is 22.2. The Morgan fingerprint density at radius 1 is 1.44 bits per heavy atom. The lowest BCUT2D eigenvalue weighted by Gasteiger charge is -2.26. The van der Waals surface area contributed by atoms with Crippen molar-refractivity contribution in [3.05, 3.63) is 0 Å². The van der Waals surface area contributed by atoms with Gasteiger partial charge in [-0.2, -0.15) is 0 Å². The fraction of sp³-hybridized carbons (Fsp3) is 0.900. The standard InChI is InChI=1S/C10H20NO6P/c1-3-16-18(15,17-4-2)10(13)7-8-5-6-9(12)11(8)14/h8,10,13-14H,3-7H2,1-2H3. The molecular weight excluding hydrogens is 261 g/mol. The van der Waals surface area contributed by atoms with E-state index in [0.717, 1.165) is 0 Å². The maximum Gasteiger partial charge on any atom is 0.358 e. The van der Waals surface area contributed by atoms with Crippen molar-refractivity contribution in [1.29, 1.82) is 0 Å². The highest BCUT2D eigenvalue weighted by Gasteiger charge is 2.39. The molecule has 0 radical (unpaired) electrons. The first-order chi connectivity index (χ1) is 8.44. The molecule has 1 aliphatic heterocycles.